The highest BCUT2D eigenvalue weighted by Gasteiger charge is 2.36. The van der Waals surface area contributed by atoms with Crippen LogP contribution in [0.25, 0.3) is 0 Å². The van der Waals surface area contributed by atoms with Gasteiger partial charge in [0.2, 0.25) is 0 Å². The van der Waals surface area contributed by atoms with Crippen LogP contribution in [0.3, 0.4) is 0 Å². The fourth-order valence-corrected chi connectivity index (χ4v) is 2.06. The monoisotopic (exact) mass is 346 g/mol. The quantitative estimate of drug-likeness (QED) is 0.789. The normalized spacial score (nSPS) is 14.6. The van der Waals surface area contributed by atoms with Gasteiger partial charge >= 0.3 is 6.18 Å². The molecule has 0 bridgehead atoms. The topological polar surface area (TPSA) is 59.9 Å². The third-order valence-electron chi connectivity index (χ3n) is 2.30. The van der Waals surface area contributed by atoms with Crippen molar-refractivity contribution in [3.05, 3.63) is 23.3 Å². The molecule has 4 nitrogen and oxygen atoms in total. The lowest BCUT2D eigenvalue weighted by Crippen LogP contribution is -2.18. The molecule has 0 saturated heterocycles. The summed E-state index contributed by atoms with van der Waals surface area (Å²) >= 11 is 2.90. The Morgan fingerprint density at radius 2 is 2.00 bits per heavy atom. The van der Waals surface area contributed by atoms with E-state index in [0.717, 1.165) is 12.5 Å². The summed E-state index contributed by atoms with van der Waals surface area (Å²) in [7, 11) is -3.54. The number of rotatable bonds is 3. The van der Waals surface area contributed by atoms with Crippen LogP contribution >= 0.6 is 15.9 Å². The van der Waals surface area contributed by atoms with Gasteiger partial charge < -0.3 is 0 Å². The first kappa shape index (κ1) is 15.4. The van der Waals surface area contributed by atoms with Gasteiger partial charge in [-0.2, -0.15) is 13.2 Å². The van der Waals surface area contributed by atoms with Crippen molar-refractivity contribution < 1.29 is 21.6 Å². The standard InChI is InChI=1S/C9H10BrF3N2O2S/c1-5(18(2,16)17)8-14-4-6(3-10)7(15-8)9(11,12)13/h4-5H,3H2,1-2H3. The SMILES string of the molecule is CC(c1ncc(CBr)c(C(F)(F)F)n1)S(C)(=O)=O. The fourth-order valence-electron chi connectivity index (χ4n) is 1.15. The molecule has 1 rings (SSSR count). The van der Waals surface area contributed by atoms with E-state index in [-0.39, 0.29) is 16.7 Å². The first-order chi connectivity index (χ1) is 8.07. The lowest BCUT2D eigenvalue weighted by Gasteiger charge is -2.13. The zero-order valence-corrected chi connectivity index (χ0v) is 11.9. The van der Waals surface area contributed by atoms with Crippen LogP contribution in [0, 0.1) is 0 Å². The van der Waals surface area contributed by atoms with E-state index < -0.39 is 27.0 Å². The largest absolute Gasteiger partial charge is 0.433 e. The predicted molar refractivity (Wildman–Crippen MR) is 62.9 cm³/mol. The number of nitrogens with zero attached hydrogens (tertiary/aromatic N) is 2. The molecular formula is C9H10BrF3N2O2S. The molecule has 102 valence electrons. The van der Waals surface area contributed by atoms with Crippen LogP contribution in [-0.2, 0) is 21.3 Å². The molecule has 1 heterocycles. The van der Waals surface area contributed by atoms with Gasteiger partial charge in [-0.05, 0) is 6.92 Å². The first-order valence-corrected chi connectivity index (χ1v) is 7.82. The maximum Gasteiger partial charge on any atom is 0.433 e. The zero-order valence-electron chi connectivity index (χ0n) is 9.49. The summed E-state index contributed by atoms with van der Waals surface area (Å²) < 4.78 is 60.7. The summed E-state index contributed by atoms with van der Waals surface area (Å²) in [5, 5.41) is -1.24. The van der Waals surface area contributed by atoms with E-state index in [1.165, 1.54) is 6.92 Å². The molecule has 0 N–H and O–H groups in total. The molecular weight excluding hydrogens is 337 g/mol. The van der Waals surface area contributed by atoms with Crippen molar-refractivity contribution in [2.24, 2.45) is 0 Å². The van der Waals surface area contributed by atoms with Crippen LogP contribution in [0.2, 0.25) is 0 Å². The minimum atomic E-state index is -4.64. The molecule has 0 radical (unpaired) electrons. The third kappa shape index (κ3) is 3.41. The molecule has 0 fully saturated rings. The highest BCUT2D eigenvalue weighted by molar-refractivity contribution is 9.08. The Hall–Kier alpha value is -0.700. The molecule has 0 aliphatic rings. The van der Waals surface area contributed by atoms with Gasteiger partial charge in [0.25, 0.3) is 0 Å². The summed E-state index contributed by atoms with van der Waals surface area (Å²) in [4.78, 5) is 7.01. The van der Waals surface area contributed by atoms with E-state index in [9.17, 15) is 21.6 Å². The Morgan fingerprint density at radius 3 is 2.39 bits per heavy atom. The second-order valence-corrected chi connectivity index (χ2v) is 6.63. The molecule has 0 aromatic carbocycles. The van der Waals surface area contributed by atoms with Crippen molar-refractivity contribution >= 4 is 25.8 Å². The Labute approximate surface area is 111 Å². The van der Waals surface area contributed by atoms with Gasteiger partial charge in [0, 0.05) is 23.3 Å². The van der Waals surface area contributed by atoms with Crippen LogP contribution in [-0.4, -0.2) is 24.6 Å². The number of aromatic nitrogens is 2. The van der Waals surface area contributed by atoms with Crippen molar-refractivity contribution in [3.63, 3.8) is 0 Å². The minimum absolute atomic E-state index is 0.0601. The summed E-state index contributed by atoms with van der Waals surface area (Å²) in [6, 6.07) is 0. The second kappa shape index (κ2) is 5.12. The molecule has 18 heavy (non-hydrogen) atoms. The molecule has 0 aliphatic carbocycles. The lowest BCUT2D eigenvalue weighted by atomic mass is 10.2. The van der Waals surface area contributed by atoms with E-state index in [0.29, 0.717) is 0 Å². The number of alkyl halides is 4. The maximum absolute atomic E-state index is 12.7. The van der Waals surface area contributed by atoms with Crippen molar-refractivity contribution in [2.45, 2.75) is 23.7 Å². The Balaban J connectivity index is 3.36. The average Bonchev–Trinajstić information content (AvgIpc) is 2.24. The van der Waals surface area contributed by atoms with Gasteiger partial charge in [0.15, 0.2) is 15.5 Å². The fraction of sp³-hybridized carbons (Fsp3) is 0.556. The molecule has 9 heteroatoms. The van der Waals surface area contributed by atoms with E-state index in [1.54, 1.807) is 0 Å². The van der Waals surface area contributed by atoms with E-state index in [4.69, 9.17) is 0 Å². The number of sulfone groups is 1. The number of hydrogen-bond donors (Lipinski definition) is 0. The van der Waals surface area contributed by atoms with Crippen molar-refractivity contribution in [2.75, 3.05) is 6.26 Å². The summed E-state index contributed by atoms with van der Waals surface area (Å²) in [5.41, 5.74) is -1.24. The highest BCUT2D eigenvalue weighted by atomic mass is 79.9. The van der Waals surface area contributed by atoms with Crippen LogP contribution in [0.4, 0.5) is 13.2 Å². The van der Waals surface area contributed by atoms with Crippen molar-refractivity contribution in [1.29, 1.82) is 0 Å². The number of halogens is 4. The van der Waals surface area contributed by atoms with E-state index in [2.05, 4.69) is 25.9 Å². The molecule has 0 aliphatic heterocycles. The van der Waals surface area contributed by atoms with Gasteiger partial charge in [0.1, 0.15) is 11.1 Å². The van der Waals surface area contributed by atoms with Crippen molar-refractivity contribution in [1.82, 2.24) is 9.97 Å². The lowest BCUT2D eigenvalue weighted by molar-refractivity contribution is -0.141. The third-order valence-corrected chi connectivity index (χ3v) is 4.40. The maximum atomic E-state index is 12.7. The van der Waals surface area contributed by atoms with Crippen LogP contribution in [0.5, 0.6) is 0 Å². The van der Waals surface area contributed by atoms with E-state index >= 15 is 0 Å². The van der Waals surface area contributed by atoms with E-state index in [1.807, 2.05) is 0 Å². The van der Waals surface area contributed by atoms with Gasteiger partial charge in [-0.1, -0.05) is 15.9 Å². The molecule has 1 aromatic heterocycles. The summed E-state index contributed by atoms with van der Waals surface area (Å²) in [5.74, 6) is -0.352. The Bertz CT molecular complexity index is 545. The van der Waals surface area contributed by atoms with Crippen LogP contribution < -0.4 is 0 Å². The van der Waals surface area contributed by atoms with Gasteiger partial charge in [-0.15, -0.1) is 0 Å². The average molecular weight is 347 g/mol. The van der Waals surface area contributed by atoms with Crippen molar-refractivity contribution in [3.8, 4) is 0 Å². The second-order valence-electron chi connectivity index (χ2n) is 3.71. The summed E-state index contributed by atoms with van der Waals surface area (Å²) in [6.07, 6.45) is -2.73. The Morgan fingerprint density at radius 1 is 1.44 bits per heavy atom. The number of hydrogen-bond acceptors (Lipinski definition) is 4. The minimum Gasteiger partial charge on any atom is -0.240 e. The highest BCUT2D eigenvalue weighted by Crippen LogP contribution is 2.32. The smallest absolute Gasteiger partial charge is 0.240 e. The van der Waals surface area contributed by atoms with Crippen LogP contribution in [0.1, 0.15) is 29.3 Å². The van der Waals surface area contributed by atoms with Gasteiger partial charge in [-0.3, -0.25) is 0 Å². The molecule has 0 amide bonds. The zero-order chi connectivity index (χ0) is 14.1. The van der Waals surface area contributed by atoms with Crippen LogP contribution in [0.15, 0.2) is 6.20 Å². The molecule has 1 unspecified atom stereocenters. The molecule has 0 saturated carbocycles. The van der Waals surface area contributed by atoms with Gasteiger partial charge in [-0.25, -0.2) is 18.4 Å². The predicted octanol–water partition coefficient (Wildman–Crippen LogP) is 2.50. The molecule has 1 atom stereocenters. The molecule has 0 spiro atoms. The molecule has 1 aromatic rings. The Kier molecular flexibility index (Phi) is 4.37. The van der Waals surface area contributed by atoms with Gasteiger partial charge in [0.05, 0.1) is 0 Å². The summed E-state index contributed by atoms with van der Waals surface area (Å²) in [6.45, 7) is 1.25. The first-order valence-electron chi connectivity index (χ1n) is 4.75.